The first-order valence-corrected chi connectivity index (χ1v) is 6.14. The molecule has 0 spiro atoms. The fourth-order valence-electron chi connectivity index (χ4n) is 1.50. The quantitative estimate of drug-likeness (QED) is 0.756. The Kier molecular flexibility index (Phi) is 6.47. The number of amides is 1. The lowest BCUT2D eigenvalue weighted by atomic mass is 10.1. The van der Waals surface area contributed by atoms with Crippen LogP contribution < -0.4 is 11.1 Å². The third-order valence-electron chi connectivity index (χ3n) is 2.41. The molecule has 0 aromatic heterocycles. The second-order valence-electron chi connectivity index (χ2n) is 4.20. The van der Waals surface area contributed by atoms with Crippen LogP contribution in [-0.4, -0.2) is 31.8 Å². The van der Waals surface area contributed by atoms with Crippen molar-refractivity contribution in [2.75, 3.05) is 25.1 Å². The van der Waals surface area contributed by atoms with Crippen molar-refractivity contribution < 1.29 is 22.7 Å². The Morgan fingerprint density at radius 2 is 1.90 bits per heavy atom. The molecule has 0 atom stereocenters. The lowest BCUT2D eigenvalue weighted by Gasteiger charge is -2.08. The Bertz CT molecular complexity index is 419. The summed E-state index contributed by atoms with van der Waals surface area (Å²) in [7, 11) is 0. The first kappa shape index (κ1) is 16.5. The minimum atomic E-state index is -4.37. The number of nitrogens with one attached hydrogen (secondary N) is 1. The van der Waals surface area contributed by atoms with Crippen molar-refractivity contribution in [3.05, 3.63) is 29.8 Å². The van der Waals surface area contributed by atoms with Gasteiger partial charge in [0.2, 0.25) is 5.91 Å². The molecule has 1 aromatic carbocycles. The maximum Gasteiger partial charge on any atom is 0.411 e. The highest BCUT2D eigenvalue weighted by Crippen LogP contribution is 2.14. The summed E-state index contributed by atoms with van der Waals surface area (Å²) in [5.74, 6) is -0.390. The summed E-state index contributed by atoms with van der Waals surface area (Å²) in [4.78, 5) is 11.5. The summed E-state index contributed by atoms with van der Waals surface area (Å²) in [6.45, 7) is -1.06. The predicted molar refractivity (Wildman–Crippen MR) is 69.3 cm³/mol. The number of carbonyl (C=O) groups excluding carboxylic acids is 1. The van der Waals surface area contributed by atoms with Gasteiger partial charge in [-0.2, -0.15) is 13.2 Å². The molecule has 1 rings (SSSR count). The normalized spacial score (nSPS) is 11.4. The van der Waals surface area contributed by atoms with Crippen LogP contribution in [0.2, 0.25) is 0 Å². The maximum atomic E-state index is 11.8. The van der Waals surface area contributed by atoms with Crippen LogP contribution in [0.4, 0.5) is 18.9 Å². The van der Waals surface area contributed by atoms with Gasteiger partial charge in [0.15, 0.2) is 0 Å². The molecule has 0 saturated heterocycles. The fourth-order valence-corrected chi connectivity index (χ4v) is 1.50. The Morgan fingerprint density at radius 3 is 2.45 bits per heavy atom. The fraction of sp³-hybridized carbons (Fsp3) is 0.462. The van der Waals surface area contributed by atoms with Gasteiger partial charge in [-0.15, -0.1) is 0 Å². The number of hydrogen-bond acceptors (Lipinski definition) is 3. The molecule has 0 radical (unpaired) electrons. The van der Waals surface area contributed by atoms with Crippen LogP contribution in [0.1, 0.15) is 12.0 Å². The maximum absolute atomic E-state index is 11.8. The average molecular weight is 290 g/mol. The minimum absolute atomic E-state index is 0.124. The molecule has 20 heavy (non-hydrogen) atoms. The second-order valence-corrected chi connectivity index (χ2v) is 4.20. The van der Waals surface area contributed by atoms with Gasteiger partial charge >= 0.3 is 6.18 Å². The van der Waals surface area contributed by atoms with Crippen molar-refractivity contribution in [2.45, 2.75) is 19.0 Å². The average Bonchev–Trinajstić information content (AvgIpc) is 2.36. The van der Waals surface area contributed by atoms with Crippen LogP contribution in [0.15, 0.2) is 24.3 Å². The van der Waals surface area contributed by atoms with E-state index in [9.17, 15) is 18.0 Å². The van der Waals surface area contributed by atoms with Crippen molar-refractivity contribution in [1.29, 1.82) is 0 Å². The highest BCUT2D eigenvalue weighted by atomic mass is 19.4. The first-order chi connectivity index (χ1) is 9.40. The molecule has 3 N–H and O–H groups in total. The summed E-state index contributed by atoms with van der Waals surface area (Å²) in [6.07, 6.45) is -3.74. The monoisotopic (exact) mass is 290 g/mol. The highest BCUT2D eigenvalue weighted by Gasteiger charge is 2.27. The zero-order chi connectivity index (χ0) is 15.0. The lowest BCUT2D eigenvalue weighted by Crippen LogP contribution is -2.20. The summed E-state index contributed by atoms with van der Waals surface area (Å²) in [6, 6.07) is 7.12. The summed E-state index contributed by atoms with van der Waals surface area (Å²) in [5, 5.41) is 2.58. The van der Waals surface area contributed by atoms with Crippen LogP contribution in [0, 0.1) is 0 Å². The number of halogens is 3. The molecular weight excluding hydrogens is 273 g/mol. The molecular formula is C13H17F3N2O2. The number of hydrogen-bond donors (Lipinski definition) is 2. The zero-order valence-corrected chi connectivity index (χ0v) is 10.9. The van der Waals surface area contributed by atoms with Crippen LogP contribution in [0.25, 0.3) is 0 Å². The molecule has 4 nitrogen and oxygen atoms in total. The van der Waals surface area contributed by atoms with Crippen molar-refractivity contribution in [3.63, 3.8) is 0 Å². The van der Waals surface area contributed by atoms with E-state index in [1.165, 1.54) is 0 Å². The molecule has 0 unspecified atom stereocenters. The van der Waals surface area contributed by atoms with Gasteiger partial charge in [-0.25, -0.2) is 0 Å². The highest BCUT2D eigenvalue weighted by molar-refractivity contribution is 5.90. The number of anilines is 1. The summed E-state index contributed by atoms with van der Waals surface area (Å²) in [5.41, 5.74) is 7.06. The van der Waals surface area contributed by atoms with Gasteiger partial charge in [0.1, 0.15) is 6.61 Å². The zero-order valence-electron chi connectivity index (χ0n) is 10.9. The lowest BCUT2D eigenvalue weighted by molar-refractivity contribution is -0.174. The molecule has 0 aliphatic heterocycles. The Labute approximate surface area is 115 Å². The number of alkyl halides is 3. The number of rotatable bonds is 7. The van der Waals surface area contributed by atoms with Crippen molar-refractivity contribution in [2.24, 2.45) is 5.73 Å². The van der Waals surface area contributed by atoms with Crippen molar-refractivity contribution in [1.82, 2.24) is 0 Å². The van der Waals surface area contributed by atoms with E-state index in [0.29, 0.717) is 12.2 Å². The smallest absolute Gasteiger partial charge is 0.372 e. The van der Waals surface area contributed by atoms with Gasteiger partial charge in [0, 0.05) is 5.69 Å². The topological polar surface area (TPSA) is 64.3 Å². The molecule has 0 saturated carbocycles. The minimum Gasteiger partial charge on any atom is -0.372 e. The Hall–Kier alpha value is -1.60. The Morgan fingerprint density at radius 1 is 1.25 bits per heavy atom. The van der Waals surface area contributed by atoms with Gasteiger partial charge in [0.05, 0.1) is 13.0 Å². The van der Waals surface area contributed by atoms with Crippen molar-refractivity contribution >= 4 is 11.6 Å². The first-order valence-electron chi connectivity index (χ1n) is 6.14. The number of nitrogens with two attached hydrogens (primary N) is 1. The number of benzene rings is 1. The van der Waals surface area contributed by atoms with E-state index in [2.05, 4.69) is 10.1 Å². The van der Waals surface area contributed by atoms with Crippen LogP contribution >= 0.6 is 0 Å². The SMILES string of the molecule is NCCc1ccc(NC(=O)CCOCC(F)(F)F)cc1. The van der Waals surface area contributed by atoms with Crippen molar-refractivity contribution in [3.8, 4) is 0 Å². The standard InChI is InChI=1S/C13H17F3N2O2/c14-13(15,16)9-20-8-6-12(19)18-11-3-1-10(2-4-11)5-7-17/h1-4H,5-9,17H2,(H,18,19). The van der Waals surface area contributed by atoms with E-state index in [4.69, 9.17) is 5.73 Å². The molecule has 0 fully saturated rings. The van der Waals surface area contributed by atoms with E-state index < -0.39 is 18.7 Å². The van der Waals surface area contributed by atoms with E-state index in [1.807, 2.05) is 12.1 Å². The molecule has 0 heterocycles. The Balaban J connectivity index is 2.28. The molecule has 0 aliphatic carbocycles. The second kappa shape index (κ2) is 7.86. The van der Waals surface area contributed by atoms with Crippen LogP contribution in [0.5, 0.6) is 0 Å². The summed E-state index contributed by atoms with van der Waals surface area (Å²) < 4.78 is 39.7. The molecule has 112 valence electrons. The molecule has 1 amide bonds. The number of ether oxygens (including phenoxy) is 1. The van der Waals surface area contributed by atoms with Gasteiger partial charge in [0.25, 0.3) is 0 Å². The van der Waals surface area contributed by atoms with Gasteiger partial charge in [-0.3, -0.25) is 4.79 Å². The van der Waals surface area contributed by atoms with Crippen LogP contribution in [0.3, 0.4) is 0 Å². The third kappa shape index (κ3) is 7.10. The molecule has 7 heteroatoms. The third-order valence-corrected chi connectivity index (χ3v) is 2.41. The molecule has 1 aromatic rings. The van der Waals surface area contributed by atoms with E-state index >= 15 is 0 Å². The van der Waals surface area contributed by atoms with E-state index in [-0.39, 0.29) is 13.0 Å². The predicted octanol–water partition coefficient (Wildman–Crippen LogP) is 2.10. The van der Waals surface area contributed by atoms with Gasteiger partial charge in [-0.05, 0) is 30.7 Å². The largest absolute Gasteiger partial charge is 0.411 e. The van der Waals surface area contributed by atoms with Gasteiger partial charge < -0.3 is 15.8 Å². The number of carbonyl (C=O) groups is 1. The van der Waals surface area contributed by atoms with E-state index in [0.717, 1.165) is 12.0 Å². The molecule has 0 bridgehead atoms. The molecule has 0 aliphatic rings. The van der Waals surface area contributed by atoms with Gasteiger partial charge in [-0.1, -0.05) is 12.1 Å². The summed E-state index contributed by atoms with van der Waals surface area (Å²) >= 11 is 0. The van der Waals surface area contributed by atoms with Crippen LogP contribution in [-0.2, 0) is 16.0 Å². The van der Waals surface area contributed by atoms with E-state index in [1.54, 1.807) is 12.1 Å².